The first kappa shape index (κ1) is 10.9. The number of allylic oxidation sites excluding steroid dienone is 2. The van der Waals surface area contributed by atoms with Crippen LogP contribution in [0.4, 0.5) is 0 Å². The zero-order valence-corrected chi connectivity index (χ0v) is 9.42. The molecule has 0 radical (unpaired) electrons. The molecule has 0 aliphatic heterocycles. The zero-order chi connectivity index (χ0) is 8.91. The summed E-state index contributed by atoms with van der Waals surface area (Å²) in [5.74, 6) is 0. The Morgan fingerprint density at radius 1 is 1.55 bits per heavy atom. The van der Waals surface area contributed by atoms with Gasteiger partial charge in [-0.2, -0.15) is 0 Å². The minimum Gasteiger partial charge on any atom is -0.261 e. The summed E-state index contributed by atoms with van der Waals surface area (Å²) in [6.45, 7) is 9.80. The SMILES string of the molecule is C=CN=C(/C=C\C)C(C)(C)I. The second kappa shape index (κ2) is 4.70. The van der Waals surface area contributed by atoms with E-state index in [1.807, 2.05) is 19.1 Å². The Bertz CT molecular complexity index is 184. The molecule has 0 aromatic rings. The van der Waals surface area contributed by atoms with Gasteiger partial charge in [0.1, 0.15) is 0 Å². The van der Waals surface area contributed by atoms with Crippen molar-refractivity contribution in [3.05, 3.63) is 24.9 Å². The van der Waals surface area contributed by atoms with Crippen LogP contribution in [-0.4, -0.2) is 9.13 Å². The lowest BCUT2D eigenvalue weighted by Crippen LogP contribution is -2.21. The van der Waals surface area contributed by atoms with Crippen molar-refractivity contribution in [2.75, 3.05) is 0 Å². The number of hydrogen-bond donors (Lipinski definition) is 0. The van der Waals surface area contributed by atoms with E-state index in [1.165, 1.54) is 0 Å². The van der Waals surface area contributed by atoms with Crippen molar-refractivity contribution in [2.24, 2.45) is 4.99 Å². The summed E-state index contributed by atoms with van der Waals surface area (Å²) in [5, 5.41) is 0. The van der Waals surface area contributed by atoms with E-state index >= 15 is 0 Å². The monoisotopic (exact) mass is 263 g/mol. The predicted molar refractivity (Wildman–Crippen MR) is 60.5 cm³/mol. The predicted octanol–water partition coefficient (Wildman–Crippen LogP) is 3.36. The summed E-state index contributed by atoms with van der Waals surface area (Å²) >= 11 is 2.36. The molecule has 0 rings (SSSR count). The van der Waals surface area contributed by atoms with Gasteiger partial charge in [0, 0.05) is 6.20 Å². The Kier molecular flexibility index (Phi) is 4.65. The summed E-state index contributed by atoms with van der Waals surface area (Å²) in [6, 6.07) is 0. The largest absolute Gasteiger partial charge is 0.261 e. The second-order valence-electron chi connectivity index (χ2n) is 2.67. The maximum absolute atomic E-state index is 4.17. The van der Waals surface area contributed by atoms with Gasteiger partial charge in [0.15, 0.2) is 0 Å². The molecule has 11 heavy (non-hydrogen) atoms. The summed E-state index contributed by atoms with van der Waals surface area (Å²) in [6.07, 6.45) is 5.58. The van der Waals surface area contributed by atoms with Gasteiger partial charge in [-0.25, -0.2) is 0 Å². The smallest absolute Gasteiger partial charge is 0.0586 e. The van der Waals surface area contributed by atoms with Crippen LogP contribution in [0.1, 0.15) is 20.8 Å². The minimum atomic E-state index is 0.0818. The van der Waals surface area contributed by atoms with Gasteiger partial charge in [-0.1, -0.05) is 35.2 Å². The van der Waals surface area contributed by atoms with Crippen molar-refractivity contribution in [3.8, 4) is 0 Å². The number of nitrogens with zero attached hydrogens (tertiary/aromatic N) is 1. The molecule has 0 spiro atoms. The van der Waals surface area contributed by atoms with Crippen molar-refractivity contribution in [1.82, 2.24) is 0 Å². The van der Waals surface area contributed by atoms with Crippen molar-refractivity contribution in [1.29, 1.82) is 0 Å². The third kappa shape index (κ3) is 4.35. The first-order valence-electron chi connectivity index (χ1n) is 3.53. The van der Waals surface area contributed by atoms with E-state index in [2.05, 4.69) is 48.0 Å². The highest BCUT2D eigenvalue weighted by Gasteiger charge is 2.17. The number of rotatable bonds is 3. The van der Waals surface area contributed by atoms with Gasteiger partial charge in [-0.3, -0.25) is 4.99 Å². The Morgan fingerprint density at radius 2 is 2.09 bits per heavy atom. The van der Waals surface area contributed by atoms with Crippen molar-refractivity contribution < 1.29 is 0 Å². The lowest BCUT2D eigenvalue weighted by atomic mass is 10.1. The molecule has 0 heterocycles. The standard InChI is InChI=1S/C9H14IN/c1-5-7-8(11-6-2)9(3,4)10/h5-7H,2H2,1,3-4H3/b7-5-,11-8?. The summed E-state index contributed by atoms with van der Waals surface area (Å²) in [5.41, 5.74) is 1.05. The normalized spacial score (nSPS) is 14.0. The molecule has 0 aliphatic rings. The molecular formula is C9H14IN. The van der Waals surface area contributed by atoms with Gasteiger partial charge in [0.2, 0.25) is 0 Å². The Morgan fingerprint density at radius 3 is 2.36 bits per heavy atom. The molecule has 0 unspecified atom stereocenters. The van der Waals surface area contributed by atoms with Crippen LogP contribution in [0.2, 0.25) is 0 Å². The van der Waals surface area contributed by atoms with Gasteiger partial charge in [0.05, 0.1) is 9.13 Å². The van der Waals surface area contributed by atoms with Gasteiger partial charge < -0.3 is 0 Å². The molecule has 0 aromatic carbocycles. The fraction of sp³-hybridized carbons (Fsp3) is 0.444. The average molecular weight is 263 g/mol. The van der Waals surface area contributed by atoms with E-state index < -0.39 is 0 Å². The van der Waals surface area contributed by atoms with E-state index in [-0.39, 0.29) is 3.42 Å². The number of halogens is 1. The maximum atomic E-state index is 4.17. The molecule has 1 nitrogen and oxygen atoms in total. The van der Waals surface area contributed by atoms with Gasteiger partial charge in [-0.05, 0) is 26.8 Å². The molecule has 0 saturated carbocycles. The molecular weight excluding hydrogens is 249 g/mol. The van der Waals surface area contributed by atoms with Crippen LogP contribution in [0.3, 0.4) is 0 Å². The third-order valence-corrected chi connectivity index (χ3v) is 1.72. The van der Waals surface area contributed by atoms with Crippen molar-refractivity contribution in [3.63, 3.8) is 0 Å². The number of hydrogen-bond acceptors (Lipinski definition) is 1. The van der Waals surface area contributed by atoms with Gasteiger partial charge >= 0.3 is 0 Å². The molecule has 0 fully saturated rings. The molecule has 2 heteroatoms. The Labute approximate surface area is 82.4 Å². The number of aliphatic imine (C=N–C) groups is 1. The molecule has 0 amide bonds. The van der Waals surface area contributed by atoms with Crippen molar-refractivity contribution >= 4 is 28.3 Å². The minimum absolute atomic E-state index is 0.0818. The van der Waals surface area contributed by atoms with Crippen LogP contribution in [-0.2, 0) is 0 Å². The quantitative estimate of drug-likeness (QED) is 0.420. The van der Waals surface area contributed by atoms with Crippen molar-refractivity contribution in [2.45, 2.75) is 24.2 Å². The zero-order valence-electron chi connectivity index (χ0n) is 7.26. The van der Waals surface area contributed by atoms with Crippen LogP contribution in [0, 0.1) is 0 Å². The molecule has 0 aromatic heterocycles. The lowest BCUT2D eigenvalue weighted by Gasteiger charge is -2.15. The molecule has 0 saturated heterocycles. The highest BCUT2D eigenvalue weighted by molar-refractivity contribution is 14.1. The summed E-state index contributed by atoms with van der Waals surface area (Å²) in [4.78, 5) is 4.17. The first-order chi connectivity index (χ1) is 5.02. The lowest BCUT2D eigenvalue weighted by molar-refractivity contribution is 0.999. The fourth-order valence-electron chi connectivity index (χ4n) is 0.651. The van der Waals surface area contributed by atoms with Crippen LogP contribution >= 0.6 is 22.6 Å². The fourth-order valence-corrected chi connectivity index (χ4v) is 0.970. The maximum Gasteiger partial charge on any atom is 0.0586 e. The van der Waals surface area contributed by atoms with Crippen LogP contribution in [0.5, 0.6) is 0 Å². The van der Waals surface area contributed by atoms with E-state index in [0.29, 0.717) is 0 Å². The van der Waals surface area contributed by atoms with E-state index in [9.17, 15) is 0 Å². The van der Waals surface area contributed by atoms with E-state index in [0.717, 1.165) is 5.71 Å². The number of alkyl halides is 1. The Balaban J connectivity index is 4.61. The van der Waals surface area contributed by atoms with E-state index in [4.69, 9.17) is 0 Å². The molecule has 62 valence electrons. The van der Waals surface area contributed by atoms with Crippen LogP contribution in [0.25, 0.3) is 0 Å². The van der Waals surface area contributed by atoms with Gasteiger partial charge in [-0.15, -0.1) is 0 Å². The van der Waals surface area contributed by atoms with Crippen LogP contribution in [0.15, 0.2) is 29.9 Å². The van der Waals surface area contributed by atoms with E-state index in [1.54, 1.807) is 6.20 Å². The first-order valence-corrected chi connectivity index (χ1v) is 4.61. The molecule has 0 atom stereocenters. The molecule has 0 N–H and O–H groups in total. The topological polar surface area (TPSA) is 12.4 Å². The highest BCUT2D eigenvalue weighted by Crippen LogP contribution is 2.19. The third-order valence-electron chi connectivity index (χ3n) is 1.16. The second-order valence-corrected chi connectivity index (χ2v) is 5.37. The summed E-state index contributed by atoms with van der Waals surface area (Å²) in [7, 11) is 0. The summed E-state index contributed by atoms with van der Waals surface area (Å²) < 4.78 is 0.0818. The Hall–Kier alpha value is -0.120. The molecule has 0 bridgehead atoms. The molecule has 0 aliphatic carbocycles. The van der Waals surface area contributed by atoms with Gasteiger partial charge in [0.25, 0.3) is 0 Å². The van der Waals surface area contributed by atoms with Crippen LogP contribution < -0.4 is 0 Å². The average Bonchev–Trinajstić information content (AvgIpc) is 1.85. The highest BCUT2D eigenvalue weighted by atomic mass is 127.